The van der Waals surface area contributed by atoms with Gasteiger partial charge in [-0.15, -0.1) is 0 Å². The highest BCUT2D eigenvalue weighted by Crippen LogP contribution is 2.13. The number of aromatic nitrogens is 2. The molecule has 0 aliphatic heterocycles. The Bertz CT molecular complexity index is 875. The van der Waals surface area contributed by atoms with Crippen molar-refractivity contribution in [2.24, 2.45) is 0 Å². The highest BCUT2D eigenvalue weighted by atomic mass is 32.2. The molecule has 0 fully saturated rings. The van der Waals surface area contributed by atoms with E-state index in [9.17, 15) is 17.2 Å². The molecule has 0 aliphatic carbocycles. The molecular weight excluding hydrogens is 364 g/mol. The Morgan fingerprint density at radius 1 is 1.12 bits per heavy atom. The summed E-state index contributed by atoms with van der Waals surface area (Å²) < 4.78 is 53.0. The number of sulfonamides is 1. The highest BCUT2D eigenvalue weighted by molar-refractivity contribution is 7.88. The van der Waals surface area contributed by atoms with Crippen LogP contribution in [-0.2, 0) is 15.8 Å². The molecule has 0 amide bonds. The van der Waals surface area contributed by atoms with Gasteiger partial charge < -0.3 is 10.2 Å². The summed E-state index contributed by atoms with van der Waals surface area (Å²) in [5, 5.41) is 2.93. The minimum atomic E-state index is -3.80. The number of hydrogen-bond acceptors (Lipinski definition) is 6. The van der Waals surface area contributed by atoms with Gasteiger partial charge in [-0.1, -0.05) is 0 Å². The number of rotatable bonds is 8. The van der Waals surface area contributed by atoms with Gasteiger partial charge in [0.2, 0.25) is 16.0 Å². The molecule has 0 aliphatic rings. The summed E-state index contributed by atoms with van der Waals surface area (Å²) in [5.41, 5.74) is 0.552. The largest absolute Gasteiger partial charge is 0.363 e. The van der Waals surface area contributed by atoms with E-state index in [0.717, 1.165) is 29.7 Å². The van der Waals surface area contributed by atoms with Gasteiger partial charge in [0.25, 0.3) is 0 Å². The zero-order valence-electron chi connectivity index (χ0n) is 14.8. The molecule has 0 radical (unpaired) electrons. The van der Waals surface area contributed by atoms with Crippen LogP contribution in [0.25, 0.3) is 0 Å². The summed E-state index contributed by atoms with van der Waals surface area (Å²) in [6, 6.07) is 4.53. The summed E-state index contributed by atoms with van der Waals surface area (Å²) in [6.45, 7) is 2.12. The van der Waals surface area contributed by atoms with E-state index < -0.39 is 27.4 Å². The zero-order valence-corrected chi connectivity index (χ0v) is 15.6. The Balaban J connectivity index is 1.90. The molecule has 1 aromatic heterocycles. The van der Waals surface area contributed by atoms with E-state index in [2.05, 4.69) is 20.0 Å². The molecule has 0 bridgehead atoms. The average Bonchev–Trinajstić information content (AvgIpc) is 2.54. The number of benzene rings is 1. The highest BCUT2D eigenvalue weighted by Gasteiger charge is 2.15. The van der Waals surface area contributed by atoms with Crippen LogP contribution in [0, 0.1) is 18.6 Å². The lowest BCUT2D eigenvalue weighted by molar-refractivity contribution is 0.570. The minimum absolute atomic E-state index is 0.0495. The molecule has 0 unspecified atom stereocenters. The molecule has 1 heterocycles. The average molecular weight is 385 g/mol. The molecule has 7 nitrogen and oxygen atoms in total. The predicted octanol–water partition coefficient (Wildman–Crippen LogP) is 1.66. The number of aryl methyl sites for hydroxylation is 1. The molecule has 0 saturated carbocycles. The van der Waals surface area contributed by atoms with Crippen molar-refractivity contribution in [3.63, 3.8) is 0 Å². The van der Waals surface area contributed by atoms with E-state index in [1.807, 2.05) is 32.0 Å². The maximum atomic E-state index is 13.6. The Labute approximate surface area is 151 Å². The second-order valence-electron chi connectivity index (χ2n) is 5.90. The second kappa shape index (κ2) is 8.37. The number of hydrogen-bond donors (Lipinski definition) is 2. The predicted molar refractivity (Wildman–Crippen MR) is 96.6 cm³/mol. The minimum Gasteiger partial charge on any atom is -0.363 e. The van der Waals surface area contributed by atoms with Gasteiger partial charge in [-0.05, 0) is 25.1 Å². The van der Waals surface area contributed by atoms with E-state index in [-0.39, 0.29) is 18.7 Å². The summed E-state index contributed by atoms with van der Waals surface area (Å²) >= 11 is 0. The van der Waals surface area contributed by atoms with Crippen molar-refractivity contribution in [3.8, 4) is 0 Å². The summed E-state index contributed by atoms with van der Waals surface area (Å²) in [4.78, 5) is 10.3. The fourth-order valence-corrected chi connectivity index (χ4v) is 3.30. The molecule has 0 spiro atoms. The molecule has 0 saturated heterocycles. The molecule has 142 valence electrons. The van der Waals surface area contributed by atoms with Crippen LogP contribution < -0.4 is 14.9 Å². The topological polar surface area (TPSA) is 87.2 Å². The SMILES string of the molecule is Cc1cc(N(C)C)nc(NCCNS(=O)(=O)Cc2cc(F)ccc2F)n1. The van der Waals surface area contributed by atoms with Crippen molar-refractivity contribution in [1.82, 2.24) is 14.7 Å². The lowest BCUT2D eigenvalue weighted by Gasteiger charge is -2.14. The van der Waals surface area contributed by atoms with Gasteiger partial charge in [0.1, 0.15) is 17.5 Å². The van der Waals surface area contributed by atoms with Crippen LogP contribution in [0.5, 0.6) is 0 Å². The Hall–Kier alpha value is -2.33. The van der Waals surface area contributed by atoms with Gasteiger partial charge in [0.05, 0.1) is 5.75 Å². The molecule has 2 aromatic rings. The summed E-state index contributed by atoms with van der Waals surface area (Å²) in [6.07, 6.45) is 0. The lowest BCUT2D eigenvalue weighted by Crippen LogP contribution is -2.30. The first kappa shape index (κ1) is 20.0. The molecule has 2 rings (SSSR count). The van der Waals surface area contributed by atoms with E-state index in [0.29, 0.717) is 5.95 Å². The van der Waals surface area contributed by atoms with Gasteiger partial charge in [-0.25, -0.2) is 26.9 Å². The van der Waals surface area contributed by atoms with Crippen molar-refractivity contribution in [2.45, 2.75) is 12.7 Å². The number of anilines is 2. The van der Waals surface area contributed by atoms with Crippen molar-refractivity contribution < 1.29 is 17.2 Å². The van der Waals surface area contributed by atoms with Crippen LogP contribution in [0.2, 0.25) is 0 Å². The van der Waals surface area contributed by atoms with Gasteiger partial charge in [0.15, 0.2) is 0 Å². The van der Waals surface area contributed by atoms with Crippen LogP contribution in [0.1, 0.15) is 11.3 Å². The number of nitrogens with zero attached hydrogens (tertiary/aromatic N) is 3. The Morgan fingerprint density at radius 3 is 2.54 bits per heavy atom. The van der Waals surface area contributed by atoms with Gasteiger partial charge >= 0.3 is 0 Å². The van der Waals surface area contributed by atoms with Gasteiger partial charge in [-0.2, -0.15) is 4.98 Å². The van der Waals surface area contributed by atoms with Gasteiger partial charge in [0, 0.05) is 44.5 Å². The van der Waals surface area contributed by atoms with Gasteiger partial charge in [-0.3, -0.25) is 0 Å². The van der Waals surface area contributed by atoms with Crippen LogP contribution in [0.15, 0.2) is 24.3 Å². The van der Waals surface area contributed by atoms with Crippen molar-refractivity contribution in [1.29, 1.82) is 0 Å². The monoisotopic (exact) mass is 385 g/mol. The number of nitrogens with one attached hydrogen (secondary N) is 2. The standard InChI is InChI=1S/C16H21F2N5O2S/c1-11-8-15(23(2)3)22-16(21-11)19-6-7-20-26(24,25)10-12-9-13(17)4-5-14(12)18/h4-5,8-9,20H,6-7,10H2,1-3H3,(H,19,21,22). The lowest BCUT2D eigenvalue weighted by atomic mass is 10.2. The molecular formula is C16H21F2N5O2S. The maximum Gasteiger partial charge on any atom is 0.224 e. The zero-order chi connectivity index (χ0) is 19.3. The molecule has 0 atom stereocenters. The van der Waals surface area contributed by atoms with E-state index in [4.69, 9.17) is 0 Å². The maximum absolute atomic E-state index is 13.6. The van der Waals surface area contributed by atoms with E-state index >= 15 is 0 Å². The molecule has 1 aromatic carbocycles. The molecule has 26 heavy (non-hydrogen) atoms. The van der Waals surface area contributed by atoms with E-state index in [1.165, 1.54) is 0 Å². The van der Waals surface area contributed by atoms with Crippen LogP contribution >= 0.6 is 0 Å². The van der Waals surface area contributed by atoms with Crippen molar-refractivity contribution >= 4 is 21.8 Å². The van der Waals surface area contributed by atoms with Crippen LogP contribution in [0.3, 0.4) is 0 Å². The second-order valence-corrected chi connectivity index (χ2v) is 7.71. The first-order valence-electron chi connectivity index (χ1n) is 7.84. The molecule has 2 N–H and O–H groups in total. The Kier molecular flexibility index (Phi) is 6.43. The van der Waals surface area contributed by atoms with Crippen LogP contribution in [0.4, 0.5) is 20.5 Å². The van der Waals surface area contributed by atoms with E-state index in [1.54, 1.807) is 0 Å². The fourth-order valence-electron chi connectivity index (χ4n) is 2.15. The number of halogens is 2. The quantitative estimate of drug-likeness (QED) is 0.672. The fraction of sp³-hybridized carbons (Fsp3) is 0.375. The van der Waals surface area contributed by atoms with Crippen molar-refractivity contribution in [3.05, 3.63) is 47.2 Å². The van der Waals surface area contributed by atoms with Crippen LogP contribution in [-0.4, -0.2) is 45.6 Å². The summed E-state index contributed by atoms with van der Waals surface area (Å²) in [7, 11) is -0.0990. The smallest absolute Gasteiger partial charge is 0.224 e. The first-order valence-corrected chi connectivity index (χ1v) is 9.49. The third-order valence-corrected chi connectivity index (χ3v) is 4.72. The Morgan fingerprint density at radius 2 is 1.85 bits per heavy atom. The van der Waals surface area contributed by atoms with Crippen molar-refractivity contribution in [2.75, 3.05) is 37.4 Å². The summed E-state index contributed by atoms with van der Waals surface area (Å²) in [5.74, 6) is -0.987. The normalized spacial score (nSPS) is 11.4. The third kappa shape index (κ3) is 5.88. The molecule has 10 heteroatoms. The third-order valence-electron chi connectivity index (χ3n) is 3.38. The first-order chi connectivity index (χ1) is 12.2.